The number of nitrogens with two attached hydrogens (primary N) is 1. The molecule has 3 aromatic rings. The van der Waals surface area contributed by atoms with Gasteiger partial charge in [-0.05, 0) is 41.3 Å². The van der Waals surface area contributed by atoms with E-state index in [2.05, 4.69) is 60.0 Å². The van der Waals surface area contributed by atoms with Crippen LogP contribution >= 0.6 is 0 Å². The molecule has 1 atom stereocenters. The number of hydrogen-bond acceptors (Lipinski definition) is 4. The van der Waals surface area contributed by atoms with E-state index in [0.717, 1.165) is 25.2 Å². The van der Waals surface area contributed by atoms with Crippen LogP contribution in [-0.4, -0.2) is 21.3 Å². The largest absolute Gasteiger partial charge is 0.510 e. The minimum absolute atomic E-state index is 0.300. The monoisotopic (exact) mass is 422 g/mol. The Labute approximate surface area is 184 Å². The fourth-order valence-electron chi connectivity index (χ4n) is 2.98. The van der Waals surface area contributed by atoms with Crippen LogP contribution in [-0.2, 0) is 26.2 Å². The van der Waals surface area contributed by atoms with Crippen LogP contribution in [0.5, 0.6) is 5.75 Å². The van der Waals surface area contributed by atoms with Gasteiger partial charge in [0.15, 0.2) is 6.17 Å². The Bertz CT molecular complexity index is 928. The SMILES string of the molecule is C=C(O)C(C)F.NCc1cccc(CN(Cc2ccccc2)Cc2ccc(O)cc2)c1. The van der Waals surface area contributed by atoms with Gasteiger partial charge in [0.2, 0.25) is 0 Å². The molecule has 0 saturated heterocycles. The topological polar surface area (TPSA) is 69.7 Å². The smallest absolute Gasteiger partial charge is 0.153 e. The number of aromatic hydroxyl groups is 1. The van der Waals surface area contributed by atoms with E-state index >= 15 is 0 Å². The lowest BCUT2D eigenvalue weighted by molar-refractivity contribution is 0.247. The zero-order valence-electron chi connectivity index (χ0n) is 17.9. The van der Waals surface area contributed by atoms with Gasteiger partial charge in [0, 0.05) is 26.2 Å². The third-order valence-corrected chi connectivity index (χ3v) is 4.68. The molecule has 4 N–H and O–H groups in total. The van der Waals surface area contributed by atoms with Gasteiger partial charge in [-0.3, -0.25) is 4.90 Å². The van der Waals surface area contributed by atoms with Gasteiger partial charge in [0.1, 0.15) is 11.5 Å². The molecule has 0 aromatic heterocycles. The van der Waals surface area contributed by atoms with Crippen LogP contribution in [0.4, 0.5) is 4.39 Å². The van der Waals surface area contributed by atoms with E-state index in [9.17, 15) is 9.50 Å². The minimum atomic E-state index is -1.29. The van der Waals surface area contributed by atoms with Crippen molar-refractivity contribution >= 4 is 0 Å². The summed E-state index contributed by atoms with van der Waals surface area (Å²) in [6.07, 6.45) is -1.29. The maximum atomic E-state index is 11.5. The van der Waals surface area contributed by atoms with Crippen molar-refractivity contribution in [2.24, 2.45) is 5.73 Å². The van der Waals surface area contributed by atoms with Gasteiger partial charge >= 0.3 is 0 Å². The number of phenols is 1. The van der Waals surface area contributed by atoms with Gasteiger partial charge < -0.3 is 15.9 Å². The zero-order valence-corrected chi connectivity index (χ0v) is 17.9. The number of allylic oxidation sites excluding steroid dienone is 1. The Kier molecular flexibility index (Phi) is 9.75. The molecule has 0 heterocycles. The number of alkyl halides is 1. The molecule has 3 rings (SSSR count). The molecule has 3 aromatic carbocycles. The Morgan fingerprint density at radius 3 is 1.90 bits per heavy atom. The number of phenolic OH excluding ortho intramolecular Hbond substituents is 1. The second kappa shape index (κ2) is 12.5. The average molecular weight is 423 g/mol. The van der Waals surface area contributed by atoms with Crippen molar-refractivity contribution in [1.82, 2.24) is 4.90 Å². The fraction of sp³-hybridized carbons (Fsp3) is 0.231. The van der Waals surface area contributed by atoms with E-state index in [-0.39, 0.29) is 0 Å². The van der Waals surface area contributed by atoms with E-state index in [1.54, 1.807) is 12.1 Å². The van der Waals surface area contributed by atoms with E-state index < -0.39 is 11.9 Å². The van der Waals surface area contributed by atoms with Gasteiger partial charge in [0.25, 0.3) is 0 Å². The molecule has 0 saturated carbocycles. The third-order valence-electron chi connectivity index (χ3n) is 4.68. The molecule has 1 unspecified atom stereocenters. The van der Waals surface area contributed by atoms with Gasteiger partial charge in [-0.25, -0.2) is 4.39 Å². The minimum Gasteiger partial charge on any atom is -0.510 e. The molecular weight excluding hydrogens is 391 g/mol. The second-order valence-electron chi connectivity index (χ2n) is 7.43. The summed E-state index contributed by atoms with van der Waals surface area (Å²) in [5.74, 6) is -0.107. The van der Waals surface area contributed by atoms with Crippen molar-refractivity contribution in [1.29, 1.82) is 0 Å². The number of hydrogen-bond donors (Lipinski definition) is 3. The summed E-state index contributed by atoms with van der Waals surface area (Å²) in [5.41, 5.74) is 10.7. The summed E-state index contributed by atoms with van der Waals surface area (Å²) in [7, 11) is 0. The summed E-state index contributed by atoms with van der Waals surface area (Å²) in [6, 6.07) is 26.4. The molecule has 0 bridgehead atoms. The second-order valence-corrected chi connectivity index (χ2v) is 7.43. The number of halogens is 1. The summed E-state index contributed by atoms with van der Waals surface area (Å²) < 4.78 is 11.5. The van der Waals surface area contributed by atoms with Crippen molar-refractivity contribution in [3.05, 3.63) is 113 Å². The van der Waals surface area contributed by atoms with Crippen LogP contribution in [0.15, 0.2) is 91.2 Å². The third kappa shape index (κ3) is 9.03. The Morgan fingerprint density at radius 2 is 1.35 bits per heavy atom. The molecule has 0 aliphatic carbocycles. The number of aliphatic hydroxyl groups excluding tert-OH is 1. The first-order chi connectivity index (χ1) is 14.9. The molecule has 31 heavy (non-hydrogen) atoms. The normalized spacial score (nSPS) is 11.5. The predicted octanol–water partition coefficient (Wildman–Crippen LogP) is 5.47. The zero-order chi connectivity index (χ0) is 22.6. The number of rotatable bonds is 8. The number of benzene rings is 3. The first-order valence-corrected chi connectivity index (χ1v) is 10.2. The van der Waals surface area contributed by atoms with Gasteiger partial charge in [-0.2, -0.15) is 0 Å². The quantitative estimate of drug-likeness (QED) is 0.421. The molecule has 0 aliphatic rings. The standard InChI is InChI=1S/C22H24N2O.C4H7FO/c23-14-20-7-4-8-21(13-20)17-24(15-18-5-2-1-3-6-18)16-19-9-11-22(25)12-10-19;1-3(5)4(2)6/h1-13,25H,14-17,23H2;3,6H,2H2,1H3. The average Bonchev–Trinajstić information content (AvgIpc) is 2.76. The maximum absolute atomic E-state index is 11.5. The fourth-order valence-corrected chi connectivity index (χ4v) is 2.98. The molecule has 0 fully saturated rings. The van der Waals surface area contributed by atoms with E-state index in [1.807, 2.05) is 18.2 Å². The Morgan fingerprint density at radius 1 is 0.871 bits per heavy atom. The first-order valence-electron chi connectivity index (χ1n) is 10.2. The first kappa shape index (κ1) is 24.1. The molecule has 4 nitrogen and oxygen atoms in total. The highest BCUT2D eigenvalue weighted by molar-refractivity contribution is 5.27. The molecule has 0 radical (unpaired) electrons. The molecular formula is C26H31FN2O2. The Hall–Kier alpha value is -3.15. The van der Waals surface area contributed by atoms with Crippen LogP contribution in [0, 0.1) is 0 Å². The highest BCUT2D eigenvalue weighted by Gasteiger charge is 2.09. The van der Waals surface area contributed by atoms with Crippen molar-refractivity contribution in [3.8, 4) is 5.75 Å². The van der Waals surface area contributed by atoms with Gasteiger partial charge in [-0.15, -0.1) is 0 Å². The molecule has 0 aliphatic heterocycles. The van der Waals surface area contributed by atoms with Crippen molar-refractivity contribution in [2.45, 2.75) is 39.3 Å². The summed E-state index contributed by atoms with van der Waals surface area (Å²) in [5, 5.41) is 17.6. The Balaban J connectivity index is 0.000000501. The molecule has 0 amide bonds. The van der Waals surface area contributed by atoms with Crippen molar-refractivity contribution in [2.75, 3.05) is 0 Å². The maximum Gasteiger partial charge on any atom is 0.153 e. The molecule has 164 valence electrons. The highest BCUT2D eigenvalue weighted by atomic mass is 19.1. The lowest BCUT2D eigenvalue weighted by Crippen LogP contribution is -2.22. The van der Waals surface area contributed by atoms with Gasteiger partial charge in [-0.1, -0.05) is 73.3 Å². The van der Waals surface area contributed by atoms with Gasteiger partial charge in [0.05, 0.1) is 0 Å². The predicted molar refractivity (Wildman–Crippen MR) is 124 cm³/mol. The summed E-state index contributed by atoms with van der Waals surface area (Å²) >= 11 is 0. The lowest BCUT2D eigenvalue weighted by Gasteiger charge is -2.23. The van der Waals surface area contributed by atoms with E-state index in [1.165, 1.54) is 23.6 Å². The van der Waals surface area contributed by atoms with E-state index in [4.69, 9.17) is 10.8 Å². The summed E-state index contributed by atoms with van der Waals surface area (Å²) in [4.78, 5) is 2.40. The number of nitrogens with zero attached hydrogens (tertiary/aromatic N) is 1. The van der Waals surface area contributed by atoms with E-state index in [0.29, 0.717) is 12.3 Å². The number of aliphatic hydroxyl groups is 1. The van der Waals surface area contributed by atoms with Crippen molar-refractivity contribution in [3.63, 3.8) is 0 Å². The van der Waals surface area contributed by atoms with Crippen LogP contribution in [0.2, 0.25) is 0 Å². The van der Waals surface area contributed by atoms with Crippen LogP contribution in [0.3, 0.4) is 0 Å². The van der Waals surface area contributed by atoms with Crippen LogP contribution in [0.25, 0.3) is 0 Å². The van der Waals surface area contributed by atoms with Crippen LogP contribution in [0.1, 0.15) is 29.2 Å². The lowest BCUT2D eigenvalue weighted by atomic mass is 10.1. The highest BCUT2D eigenvalue weighted by Crippen LogP contribution is 2.17. The van der Waals surface area contributed by atoms with Crippen LogP contribution < -0.4 is 5.73 Å². The summed E-state index contributed by atoms with van der Waals surface area (Å²) in [6.45, 7) is 7.26. The molecule has 0 spiro atoms. The van der Waals surface area contributed by atoms with Crippen molar-refractivity contribution < 1.29 is 14.6 Å². The molecule has 5 heteroatoms.